The van der Waals surface area contributed by atoms with Crippen molar-refractivity contribution in [2.75, 3.05) is 0 Å². The Bertz CT molecular complexity index is 813. The van der Waals surface area contributed by atoms with E-state index in [4.69, 9.17) is 0 Å². The Morgan fingerprint density at radius 1 is 1.20 bits per heavy atom. The standard InChI is InChI=1S/C21H23NO3/c1-13-7-8-16-12-14(2)20(18(16)11-13)22-19(23)10-9-15-5-3-4-6-17(15)21(24)25/h3-8,11,14,20H,9-10,12H2,1-2H3,(H,22,23)(H,24,25). The molecule has 1 aliphatic rings. The molecular formula is C21H23NO3. The first-order valence-corrected chi connectivity index (χ1v) is 8.65. The quantitative estimate of drug-likeness (QED) is 0.875. The van der Waals surface area contributed by atoms with Gasteiger partial charge in [0.05, 0.1) is 11.6 Å². The molecule has 0 aliphatic heterocycles. The van der Waals surface area contributed by atoms with Gasteiger partial charge in [0.2, 0.25) is 5.91 Å². The van der Waals surface area contributed by atoms with Gasteiger partial charge in [0.1, 0.15) is 0 Å². The minimum Gasteiger partial charge on any atom is -0.478 e. The van der Waals surface area contributed by atoms with E-state index in [0.29, 0.717) is 17.9 Å². The van der Waals surface area contributed by atoms with Crippen molar-refractivity contribution >= 4 is 11.9 Å². The highest BCUT2D eigenvalue weighted by Gasteiger charge is 2.30. The van der Waals surface area contributed by atoms with E-state index in [1.807, 2.05) is 0 Å². The fraction of sp³-hybridized carbons (Fsp3) is 0.333. The summed E-state index contributed by atoms with van der Waals surface area (Å²) in [5, 5.41) is 12.4. The summed E-state index contributed by atoms with van der Waals surface area (Å²) in [5.74, 6) is -0.622. The highest BCUT2D eigenvalue weighted by Crippen LogP contribution is 2.36. The molecule has 0 spiro atoms. The van der Waals surface area contributed by atoms with Crippen LogP contribution < -0.4 is 5.32 Å². The Balaban J connectivity index is 1.66. The summed E-state index contributed by atoms with van der Waals surface area (Å²) in [7, 11) is 0. The smallest absolute Gasteiger partial charge is 0.335 e. The number of benzene rings is 2. The lowest BCUT2D eigenvalue weighted by Crippen LogP contribution is -2.30. The molecule has 3 rings (SSSR count). The molecule has 4 heteroatoms. The minimum atomic E-state index is -0.954. The van der Waals surface area contributed by atoms with E-state index in [1.165, 1.54) is 16.7 Å². The van der Waals surface area contributed by atoms with Crippen LogP contribution in [0.1, 0.15) is 52.0 Å². The zero-order valence-electron chi connectivity index (χ0n) is 14.6. The molecule has 0 fully saturated rings. The zero-order valence-corrected chi connectivity index (χ0v) is 14.6. The van der Waals surface area contributed by atoms with E-state index < -0.39 is 5.97 Å². The van der Waals surface area contributed by atoms with E-state index in [2.05, 4.69) is 37.4 Å². The molecule has 0 bridgehead atoms. The number of carbonyl (C=O) groups excluding carboxylic acids is 1. The van der Waals surface area contributed by atoms with Crippen molar-refractivity contribution < 1.29 is 14.7 Å². The highest BCUT2D eigenvalue weighted by molar-refractivity contribution is 5.89. The zero-order chi connectivity index (χ0) is 18.0. The number of hydrogen-bond acceptors (Lipinski definition) is 2. The maximum Gasteiger partial charge on any atom is 0.335 e. The predicted octanol–water partition coefficient (Wildman–Crippen LogP) is 3.68. The average molecular weight is 337 g/mol. The number of amides is 1. The van der Waals surface area contributed by atoms with Crippen molar-refractivity contribution in [2.24, 2.45) is 5.92 Å². The van der Waals surface area contributed by atoms with Gasteiger partial charge in [-0.25, -0.2) is 4.79 Å². The molecule has 1 aliphatic carbocycles. The second kappa shape index (κ2) is 7.09. The number of aromatic carboxylic acids is 1. The lowest BCUT2D eigenvalue weighted by Gasteiger charge is -2.19. The average Bonchev–Trinajstić information content (AvgIpc) is 2.88. The van der Waals surface area contributed by atoms with Gasteiger partial charge in [-0.1, -0.05) is 48.9 Å². The van der Waals surface area contributed by atoms with Gasteiger partial charge in [-0.3, -0.25) is 4.79 Å². The lowest BCUT2D eigenvalue weighted by atomic mass is 10.00. The number of fused-ring (bicyclic) bond motifs is 1. The maximum absolute atomic E-state index is 12.4. The molecule has 1 amide bonds. The molecule has 0 saturated heterocycles. The SMILES string of the molecule is Cc1ccc2c(c1)C(NC(=O)CCc1ccccc1C(=O)O)C(C)C2. The minimum absolute atomic E-state index is 0.0357. The Morgan fingerprint density at radius 3 is 2.72 bits per heavy atom. The van der Waals surface area contributed by atoms with E-state index in [0.717, 1.165) is 6.42 Å². The number of rotatable bonds is 5. The number of carboxylic acid groups (broad SMARTS) is 1. The van der Waals surface area contributed by atoms with Crippen LogP contribution in [0.4, 0.5) is 0 Å². The largest absolute Gasteiger partial charge is 0.478 e. The van der Waals surface area contributed by atoms with Crippen molar-refractivity contribution in [3.63, 3.8) is 0 Å². The van der Waals surface area contributed by atoms with Gasteiger partial charge >= 0.3 is 5.97 Å². The normalized spacial score (nSPS) is 18.6. The molecule has 0 aromatic heterocycles. The van der Waals surface area contributed by atoms with Crippen molar-refractivity contribution in [3.05, 3.63) is 70.3 Å². The first-order chi connectivity index (χ1) is 12.0. The fourth-order valence-corrected chi connectivity index (χ4v) is 3.62. The van der Waals surface area contributed by atoms with Gasteiger partial charge < -0.3 is 10.4 Å². The highest BCUT2D eigenvalue weighted by atomic mass is 16.4. The van der Waals surface area contributed by atoms with Crippen LogP contribution in [-0.4, -0.2) is 17.0 Å². The molecule has 2 N–H and O–H groups in total. The van der Waals surface area contributed by atoms with Crippen LogP contribution in [0.5, 0.6) is 0 Å². The van der Waals surface area contributed by atoms with E-state index in [9.17, 15) is 14.7 Å². The van der Waals surface area contributed by atoms with Gasteiger partial charge in [-0.15, -0.1) is 0 Å². The third-order valence-electron chi connectivity index (χ3n) is 4.93. The van der Waals surface area contributed by atoms with Crippen LogP contribution in [0.15, 0.2) is 42.5 Å². The number of carbonyl (C=O) groups is 2. The second-order valence-corrected chi connectivity index (χ2v) is 6.89. The van der Waals surface area contributed by atoms with Crippen LogP contribution in [0, 0.1) is 12.8 Å². The maximum atomic E-state index is 12.4. The molecule has 2 atom stereocenters. The summed E-state index contributed by atoms with van der Waals surface area (Å²) < 4.78 is 0. The first-order valence-electron chi connectivity index (χ1n) is 8.65. The monoisotopic (exact) mass is 337 g/mol. The van der Waals surface area contributed by atoms with Crippen LogP contribution in [0.3, 0.4) is 0 Å². The van der Waals surface area contributed by atoms with Gasteiger partial charge in [0, 0.05) is 6.42 Å². The Hall–Kier alpha value is -2.62. The third kappa shape index (κ3) is 3.73. The van der Waals surface area contributed by atoms with Crippen LogP contribution in [0.25, 0.3) is 0 Å². The Kier molecular flexibility index (Phi) is 4.88. The summed E-state index contributed by atoms with van der Waals surface area (Å²) in [6.45, 7) is 4.21. The van der Waals surface area contributed by atoms with E-state index in [1.54, 1.807) is 24.3 Å². The summed E-state index contributed by atoms with van der Waals surface area (Å²) in [6, 6.07) is 13.3. The van der Waals surface area contributed by atoms with Crippen molar-refractivity contribution in [3.8, 4) is 0 Å². The van der Waals surface area contributed by atoms with Crippen molar-refractivity contribution in [2.45, 2.75) is 39.2 Å². The number of carboxylic acids is 1. The van der Waals surface area contributed by atoms with Crippen molar-refractivity contribution in [1.29, 1.82) is 0 Å². The van der Waals surface area contributed by atoms with Gasteiger partial charge in [0.15, 0.2) is 0 Å². The molecule has 0 saturated carbocycles. The lowest BCUT2D eigenvalue weighted by molar-refractivity contribution is -0.122. The predicted molar refractivity (Wildman–Crippen MR) is 96.7 cm³/mol. The van der Waals surface area contributed by atoms with Gasteiger partial charge in [0.25, 0.3) is 0 Å². The molecule has 2 aromatic carbocycles. The molecular weight excluding hydrogens is 314 g/mol. The summed E-state index contributed by atoms with van der Waals surface area (Å²) in [4.78, 5) is 23.7. The molecule has 2 unspecified atom stereocenters. The molecule has 130 valence electrons. The van der Waals surface area contributed by atoms with Crippen molar-refractivity contribution in [1.82, 2.24) is 5.32 Å². The molecule has 2 aromatic rings. The molecule has 0 radical (unpaired) electrons. The summed E-state index contributed by atoms with van der Waals surface area (Å²) in [5.41, 5.74) is 4.68. The third-order valence-corrected chi connectivity index (χ3v) is 4.93. The number of aryl methyl sites for hydroxylation is 2. The second-order valence-electron chi connectivity index (χ2n) is 6.89. The fourth-order valence-electron chi connectivity index (χ4n) is 3.62. The van der Waals surface area contributed by atoms with Crippen LogP contribution in [-0.2, 0) is 17.6 Å². The van der Waals surface area contributed by atoms with Crippen LogP contribution in [0.2, 0.25) is 0 Å². The van der Waals surface area contributed by atoms with Gasteiger partial charge in [-0.05, 0) is 48.4 Å². The summed E-state index contributed by atoms with van der Waals surface area (Å²) >= 11 is 0. The first kappa shape index (κ1) is 17.2. The topological polar surface area (TPSA) is 66.4 Å². The Morgan fingerprint density at radius 2 is 1.96 bits per heavy atom. The Labute approximate surface area is 147 Å². The van der Waals surface area contributed by atoms with E-state index >= 15 is 0 Å². The molecule has 4 nitrogen and oxygen atoms in total. The summed E-state index contributed by atoms with van der Waals surface area (Å²) in [6.07, 6.45) is 1.69. The molecule has 25 heavy (non-hydrogen) atoms. The number of nitrogens with one attached hydrogen (secondary N) is 1. The molecule has 0 heterocycles. The number of hydrogen-bond donors (Lipinski definition) is 2. The van der Waals surface area contributed by atoms with Crippen LogP contribution >= 0.6 is 0 Å². The van der Waals surface area contributed by atoms with Gasteiger partial charge in [-0.2, -0.15) is 0 Å². The van der Waals surface area contributed by atoms with E-state index in [-0.39, 0.29) is 23.9 Å².